The van der Waals surface area contributed by atoms with Gasteiger partial charge in [-0.2, -0.15) is 0 Å². The normalized spacial score (nSPS) is 12.1. The molecule has 0 aliphatic heterocycles. The van der Waals surface area contributed by atoms with Crippen LogP contribution in [0.1, 0.15) is 49.6 Å². The lowest BCUT2D eigenvalue weighted by Gasteiger charge is -2.14. The first-order valence-corrected chi connectivity index (χ1v) is 9.57. The third-order valence-electron chi connectivity index (χ3n) is 4.71. The van der Waals surface area contributed by atoms with Crippen LogP contribution in [0.3, 0.4) is 0 Å². The summed E-state index contributed by atoms with van der Waals surface area (Å²) in [4.78, 5) is 8.61. The van der Waals surface area contributed by atoms with Crippen LogP contribution in [-0.2, 0) is 6.42 Å². The van der Waals surface area contributed by atoms with E-state index >= 15 is 0 Å². The summed E-state index contributed by atoms with van der Waals surface area (Å²) in [5, 5.41) is 6.89. The Balaban J connectivity index is 1.48. The molecule has 0 bridgehead atoms. The van der Waals surface area contributed by atoms with Crippen molar-refractivity contribution in [3.63, 3.8) is 0 Å². The number of anilines is 2. The van der Waals surface area contributed by atoms with Crippen molar-refractivity contribution in [3.8, 4) is 0 Å². The molecule has 0 unspecified atom stereocenters. The highest BCUT2D eigenvalue weighted by Gasteiger charge is 2.07. The van der Waals surface area contributed by atoms with Crippen LogP contribution in [0.2, 0.25) is 0 Å². The van der Waals surface area contributed by atoms with Gasteiger partial charge in [-0.25, -0.2) is 0 Å². The van der Waals surface area contributed by atoms with Gasteiger partial charge in [0.2, 0.25) is 0 Å². The van der Waals surface area contributed by atoms with Gasteiger partial charge in [0.15, 0.2) is 0 Å². The van der Waals surface area contributed by atoms with E-state index in [1.807, 2.05) is 18.3 Å². The first kappa shape index (κ1) is 19.1. The Labute approximate surface area is 162 Å². The minimum atomic E-state index is 0.218. The highest BCUT2D eigenvalue weighted by Crippen LogP contribution is 2.18. The molecule has 0 saturated heterocycles. The van der Waals surface area contributed by atoms with Gasteiger partial charge in [0, 0.05) is 24.1 Å². The molecule has 0 radical (unpaired) electrons. The second-order valence-electron chi connectivity index (χ2n) is 7.15. The molecular formula is C23H28N4. The highest BCUT2D eigenvalue weighted by atomic mass is 14.9. The zero-order valence-electron chi connectivity index (χ0n) is 16.3. The number of hydrogen-bond donors (Lipinski definition) is 2. The lowest BCUT2D eigenvalue weighted by molar-refractivity contribution is 0.564. The summed E-state index contributed by atoms with van der Waals surface area (Å²) in [5.74, 6) is 0.583. The van der Waals surface area contributed by atoms with E-state index in [0.29, 0.717) is 5.92 Å². The van der Waals surface area contributed by atoms with Crippen molar-refractivity contribution in [1.82, 2.24) is 15.3 Å². The minimum absolute atomic E-state index is 0.218. The standard InChI is InChI=1S/C23H28N4/c1-17(2)20-6-4-19(5-7-20)10-15-25-18(3)23-9-8-22(16-26-23)27-21-11-13-24-14-12-21/h4-9,11-14,16-18,25H,10,15H2,1-3H3,(H,24,27)/t18-/m1/s1. The SMILES string of the molecule is CC(C)c1ccc(CCN[C@H](C)c2ccc(Nc3ccncc3)cn2)cc1. The minimum Gasteiger partial charge on any atom is -0.354 e. The molecule has 0 amide bonds. The van der Waals surface area contributed by atoms with Crippen molar-refractivity contribution in [3.05, 3.63) is 83.9 Å². The van der Waals surface area contributed by atoms with Gasteiger partial charge in [-0.1, -0.05) is 38.1 Å². The van der Waals surface area contributed by atoms with E-state index in [2.05, 4.69) is 77.8 Å². The van der Waals surface area contributed by atoms with Gasteiger partial charge >= 0.3 is 0 Å². The quantitative estimate of drug-likeness (QED) is 0.577. The van der Waals surface area contributed by atoms with Crippen LogP contribution in [0.4, 0.5) is 11.4 Å². The molecule has 3 aromatic rings. The van der Waals surface area contributed by atoms with Gasteiger partial charge in [-0.05, 0) is 61.2 Å². The Morgan fingerprint density at radius 3 is 2.22 bits per heavy atom. The Morgan fingerprint density at radius 1 is 0.852 bits per heavy atom. The molecule has 2 N–H and O–H groups in total. The molecule has 2 heterocycles. The van der Waals surface area contributed by atoms with Crippen LogP contribution in [0.5, 0.6) is 0 Å². The first-order valence-electron chi connectivity index (χ1n) is 9.57. The van der Waals surface area contributed by atoms with Crippen LogP contribution in [0.15, 0.2) is 67.1 Å². The fourth-order valence-corrected chi connectivity index (χ4v) is 2.94. The zero-order chi connectivity index (χ0) is 19.1. The number of benzene rings is 1. The summed E-state index contributed by atoms with van der Waals surface area (Å²) in [6.07, 6.45) is 6.43. The molecular weight excluding hydrogens is 332 g/mol. The fourth-order valence-electron chi connectivity index (χ4n) is 2.94. The maximum atomic E-state index is 4.59. The Kier molecular flexibility index (Phi) is 6.55. The van der Waals surface area contributed by atoms with Gasteiger partial charge < -0.3 is 10.6 Å². The van der Waals surface area contributed by atoms with Crippen molar-refractivity contribution >= 4 is 11.4 Å². The molecule has 0 aliphatic rings. The Morgan fingerprint density at radius 2 is 1.59 bits per heavy atom. The molecule has 0 aliphatic carbocycles. The average Bonchev–Trinajstić information content (AvgIpc) is 2.69. The molecule has 1 aromatic carbocycles. The lowest BCUT2D eigenvalue weighted by Crippen LogP contribution is -2.22. The third-order valence-corrected chi connectivity index (χ3v) is 4.71. The van der Waals surface area contributed by atoms with E-state index in [0.717, 1.165) is 30.0 Å². The molecule has 27 heavy (non-hydrogen) atoms. The second kappa shape index (κ2) is 9.28. The smallest absolute Gasteiger partial charge is 0.0572 e. The summed E-state index contributed by atoms with van der Waals surface area (Å²) in [7, 11) is 0. The van der Waals surface area contributed by atoms with Crippen molar-refractivity contribution in [2.24, 2.45) is 0 Å². The maximum Gasteiger partial charge on any atom is 0.0572 e. The highest BCUT2D eigenvalue weighted by molar-refractivity contribution is 5.57. The average molecular weight is 361 g/mol. The van der Waals surface area contributed by atoms with E-state index < -0.39 is 0 Å². The second-order valence-corrected chi connectivity index (χ2v) is 7.15. The van der Waals surface area contributed by atoms with E-state index in [9.17, 15) is 0 Å². The van der Waals surface area contributed by atoms with Crippen LogP contribution in [0.25, 0.3) is 0 Å². The third kappa shape index (κ3) is 5.63. The zero-order valence-corrected chi connectivity index (χ0v) is 16.3. The monoisotopic (exact) mass is 360 g/mol. The summed E-state index contributed by atoms with van der Waals surface area (Å²) in [6.45, 7) is 7.53. The molecule has 4 heteroatoms. The van der Waals surface area contributed by atoms with Crippen LogP contribution >= 0.6 is 0 Å². The van der Waals surface area contributed by atoms with Gasteiger partial charge in [0.05, 0.1) is 17.6 Å². The van der Waals surface area contributed by atoms with Gasteiger partial charge in [0.25, 0.3) is 0 Å². The molecule has 0 spiro atoms. The largest absolute Gasteiger partial charge is 0.354 e. The fraction of sp³-hybridized carbons (Fsp3) is 0.304. The molecule has 0 fully saturated rings. The van der Waals surface area contributed by atoms with Gasteiger partial charge in [-0.3, -0.25) is 9.97 Å². The van der Waals surface area contributed by atoms with Crippen molar-refractivity contribution in [1.29, 1.82) is 0 Å². The molecule has 1 atom stereocenters. The predicted octanol–water partition coefficient (Wildman–Crippen LogP) is 5.24. The summed E-state index contributed by atoms with van der Waals surface area (Å²) >= 11 is 0. The number of rotatable bonds is 8. The summed E-state index contributed by atoms with van der Waals surface area (Å²) in [6, 6.07) is 17.2. The van der Waals surface area contributed by atoms with E-state index in [1.165, 1.54) is 11.1 Å². The topological polar surface area (TPSA) is 49.8 Å². The van der Waals surface area contributed by atoms with Crippen LogP contribution in [-0.4, -0.2) is 16.5 Å². The number of hydrogen-bond acceptors (Lipinski definition) is 4. The van der Waals surface area contributed by atoms with Crippen LogP contribution in [0, 0.1) is 0 Å². The van der Waals surface area contributed by atoms with Crippen molar-refractivity contribution < 1.29 is 0 Å². The first-order chi connectivity index (χ1) is 13.1. The molecule has 0 saturated carbocycles. The number of nitrogens with one attached hydrogen (secondary N) is 2. The Hall–Kier alpha value is -2.72. The van der Waals surface area contributed by atoms with E-state index in [1.54, 1.807) is 12.4 Å². The van der Waals surface area contributed by atoms with Gasteiger partial charge in [0.1, 0.15) is 0 Å². The lowest BCUT2D eigenvalue weighted by atomic mass is 10.0. The van der Waals surface area contributed by atoms with Crippen LogP contribution < -0.4 is 10.6 Å². The number of nitrogens with zero attached hydrogens (tertiary/aromatic N) is 2. The Bertz CT molecular complexity index is 811. The van der Waals surface area contributed by atoms with Gasteiger partial charge in [-0.15, -0.1) is 0 Å². The molecule has 140 valence electrons. The number of aromatic nitrogens is 2. The van der Waals surface area contributed by atoms with Crippen molar-refractivity contribution in [2.75, 3.05) is 11.9 Å². The summed E-state index contributed by atoms with van der Waals surface area (Å²) in [5.41, 5.74) is 5.79. The molecule has 4 nitrogen and oxygen atoms in total. The predicted molar refractivity (Wildman–Crippen MR) is 112 cm³/mol. The van der Waals surface area contributed by atoms with E-state index in [4.69, 9.17) is 0 Å². The van der Waals surface area contributed by atoms with Crippen molar-refractivity contribution in [2.45, 2.75) is 39.2 Å². The summed E-state index contributed by atoms with van der Waals surface area (Å²) < 4.78 is 0. The molecule has 3 rings (SSSR count). The molecule has 2 aromatic heterocycles. The maximum absolute atomic E-state index is 4.59. The van der Waals surface area contributed by atoms with E-state index in [-0.39, 0.29) is 6.04 Å². The number of pyridine rings is 2.